The maximum absolute atomic E-state index is 10.7. The first-order valence-corrected chi connectivity index (χ1v) is 10.5. The summed E-state index contributed by atoms with van der Waals surface area (Å²) in [6.45, 7) is 0. The van der Waals surface area contributed by atoms with Gasteiger partial charge in [0.1, 0.15) is 5.75 Å². The Bertz CT molecular complexity index is 1230. The highest BCUT2D eigenvalue weighted by molar-refractivity contribution is 5.96. The first-order valence-electron chi connectivity index (χ1n) is 10.5. The van der Waals surface area contributed by atoms with E-state index in [-0.39, 0.29) is 0 Å². The van der Waals surface area contributed by atoms with Gasteiger partial charge in [-0.25, -0.2) is 0 Å². The SMILES string of the molecule is OC1CC=C2CC(c3ccccc3)(c3ccccc3)Oc3c2c1cc1ccccc31. The van der Waals surface area contributed by atoms with Crippen molar-refractivity contribution < 1.29 is 9.84 Å². The largest absolute Gasteiger partial charge is 0.476 e. The Labute approximate surface area is 176 Å². The van der Waals surface area contributed by atoms with Gasteiger partial charge >= 0.3 is 0 Å². The first kappa shape index (κ1) is 17.5. The molecule has 1 heterocycles. The van der Waals surface area contributed by atoms with Crippen LogP contribution in [0.1, 0.15) is 41.2 Å². The van der Waals surface area contributed by atoms with E-state index < -0.39 is 11.7 Å². The number of aliphatic hydroxyl groups excluding tert-OH is 1. The topological polar surface area (TPSA) is 29.5 Å². The van der Waals surface area contributed by atoms with Gasteiger partial charge in [-0.05, 0) is 29.0 Å². The quantitative estimate of drug-likeness (QED) is 0.430. The van der Waals surface area contributed by atoms with Crippen LogP contribution < -0.4 is 4.74 Å². The van der Waals surface area contributed by atoms with Crippen LogP contribution in [0, 0.1) is 0 Å². The lowest BCUT2D eigenvalue weighted by Crippen LogP contribution is -2.38. The Kier molecular flexibility index (Phi) is 3.84. The van der Waals surface area contributed by atoms with Gasteiger partial charge in [-0.3, -0.25) is 0 Å². The van der Waals surface area contributed by atoms with Crippen LogP contribution >= 0.6 is 0 Å². The normalized spacial score (nSPS) is 19.0. The summed E-state index contributed by atoms with van der Waals surface area (Å²) >= 11 is 0. The van der Waals surface area contributed by atoms with Crippen LogP contribution in [0.15, 0.2) is 97.1 Å². The van der Waals surface area contributed by atoms with Crippen LogP contribution in [0.2, 0.25) is 0 Å². The van der Waals surface area contributed by atoms with E-state index in [1.165, 1.54) is 5.57 Å². The van der Waals surface area contributed by atoms with Gasteiger partial charge in [0, 0.05) is 28.5 Å². The molecule has 4 aromatic carbocycles. The Morgan fingerprint density at radius 1 is 0.800 bits per heavy atom. The summed E-state index contributed by atoms with van der Waals surface area (Å²) in [4.78, 5) is 0. The Hall–Kier alpha value is -3.36. The average molecular weight is 390 g/mol. The second-order valence-electron chi connectivity index (χ2n) is 8.21. The van der Waals surface area contributed by atoms with Crippen molar-refractivity contribution >= 4 is 16.3 Å². The van der Waals surface area contributed by atoms with Crippen LogP contribution in [-0.4, -0.2) is 5.11 Å². The minimum atomic E-state index is -0.606. The highest BCUT2D eigenvalue weighted by atomic mass is 16.5. The van der Waals surface area contributed by atoms with Crippen LogP contribution in [0.4, 0.5) is 0 Å². The van der Waals surface area contributed by atoms with E-state index >= 15 is 0 Å². The van der Waals surface area contributed by atoms with Crippen molar-refractivity contribution in [3.05, 3.63) is 119 Å². The molecular formula is C28H22O2. The molecule has 2 aliphatic rings. The zero-order valence-electron chi connectivity index (χ0n) is 16.6. The molecule has 1 aliphatic heterocycles. The Balaban J connectivity index is 1.69. The highest BCUT2D eigenvalue weighted by Crippen LogP contribution is 2.54. The molecule has 30 heavy (non-hydrogen) atoms. The van der Waals surface area contributed by atoms with E-state index in [0.717, 1.165) is 45.2 Å². The molecule has 0 aromatic heterocycles. The lowest BCUT2D eigenvalue weighted by Gasteiger charge is -2.43. The fraction of sp³-hybridized carbons (Fsp3) is 0.143. The van der Waals surface area contributed by atoms with E-state index in [1.807, 2.05) is 18.2 Å². The van der Waals surface area contributed by atoms with Gasteiger partial charge < -0.3 is 9.84 Å². The molecule has 0 radical (unpaired) electrons. The van der Waals surface area contributed by atoms with Crippen LogP contribution in [0.25, 0.3) is 16.3 Å². The highest BCUT2D eigenvalue weighted by Gasteiger charge is 2.44. The molecule has 0 saturated heterocycles. The zero-order chi connectivity index (χ0) is 20.1. The lowest BCUT2D eigenvalue weighted by atomic mass is 9.73. The van der Waals surface area contributed by atoms with Crippen molar-refractivity contribution in [1.29, 1.82) is 0 Å². The summed E-state index contributed by atoms with van der Waals surface area (Å²) in [5, 5.41) is 12.9. The van der Waals surface area contributed by atoms with Crippen molar-refractivity contribution in [2.24, 2.45) is 0 Å². The van der Waals surface area contributed by atoms with Crippen molar-refractivity contribution in [1.82, 2.24) is 0 Å². The van der Waals surface area contributed by atoms with E-state index in [9.17, 15) is 5.11 Å². The number of fused-ring (bicyclic) bond motifs is 2. The number of benzene rings is 4. The molecule has 4 aromatic rings. The van der Waals surface area contributed by atoms with Crippen molar-refractivity contribution in [3.8, 4) is 5.75 Å². The lowest BCUT2D eigenvalue weighted by molar-refractivity contribution is 0.107. The van der Waals surface area contributed by atoms with Crippen molar-refractivity contribution in [2.75, 3.05) is 0 Å². The summed E-state index contributed by atoms with van der Waals surface area (Å²) in [5.41, 5.74) is 5.00. The molecule has 0 bridgehead atoms. The fourth-order valence-electron chi connectivity index (χ4n) is 5.06. The van der Waals surface area contributed by atoms with Gasteiger partial charge in [-0.2, -0.15) is 0 Å². The Morgan fingerprint density at radius 3 is 2.13 bits per heavy atom. The zero-order valence-corrected chi connectivity index (χ0v) is 16.6. The van der Waals surface area contributed by atoms with Crippen LogP contribution in [-0.2, 0) is 5.60 Å². The van der Waals surface area contributed by atoms with E-state index in [2.05, 4.69) is 78.9 Å². The van der Waals surface area contributed by atoms with Gasteiger partial charge in [-0.1, -0.05) is 91.0 Å². The number of hydrogen-bond donors (Lipinski definition) is 1. The minimum absolute atomic E-state index is 0.489. The fourth-order valence-corrected chi connectivity index (χ4v) is 5.06. The molecule has 6 rings (SSSR count). The third kappa shape index (κ3) is 2.47. The maximum atomic E-state index is 10.7. The molecular weight excluding hydrogens is 368 g/mol. The second kappa shape index (κ2) is 6.58. The number of hydrogen-bond acceptors (Lipinski definition) is 2. The summed E-state index contributed by atoms with van der Waals surface area (Å²) < 4.78 is 7.05. The molecule has 1 atom stereocenters. The van der Waals surface area contributed by atoms with Gasteiger partial charge in [-0.15, -0.1) is 0 Å². The minimum Gasteiger partial charge on any atom is -0.476 e. The third-order valence-corrected chi connectivity index (χ3v) is 6.50. The maximum Gasteiger partial charge on any atom is 0.163 e. The van der Waals surface area contributed by atoms with Crippen LogP contribution in [0.5, 0.6) is 5.75 Å². The molecule has 0 spiro atoms. The monoisotopic (exact) mass is 390 g/mol. The van der Waals surface area contributed by atoms with Crippen LogP contribution in [0.3, 0.4) is 0 Å². The predicted octanol–water partition coefficient (Wildman–Crippen LogP) is 6.39. The number of aliphatic hydroxyl groups is 1. The van der Waals surface area contributed by atoms with E-state index in [4.69, 9.17) is 4.74 Å². The van der Waals surface area contributed by atoms with Gasteiger partial charge in [0.15, 0.2) is 5.60 Å². The summed E-state index contributed by atoms with van der Waals surface area (Å²) in [6.07, 6.45) is 3.09. The van der Waals surface area contributed by atoms with Gasteiger partial charge in [0.25, 0.3) is 0 Å². The molecule has 1 N–H and O–H groups in total. The molecule has 2 nitrogen and oxygen atoms in total. The number of ether oxygens (including phenoxy) is 1. The summed E-state index contributed by atoms with van der Waals surface area (Å²) in [5.74, 6) is 0.882. The molecule has 2 heteroatoms. The van der Waals surface area contributed by atoms with Gasteiger partial charge in [0.05, 0.1) is 6.10 Å². The summed E-state index contributed by atoms with van der Waals surface area (Å²) in [7, 11) is 0. The predicted molar refractivity (Wildman–Crippen MR) is 120 cm³/mol. The standard InChI is InChI=1S/C28H22O2/c29-25-16-15-20-18-28(21-10-3-1-4-11-21,22-12-5-2-6-13-22)30-27-23-14-8-7-9-19(23)17-24(25)26(20)27/h1-15,17,25,29H,16,18H2. The summed E-state index contributed by atoms with van der Waals surface area (Å²) in [6, 6.07) is 31.5. The smallest absolute Gasteiger partial charge is 0.163 e. The van der Waals surface area contributed by atoms with Gasteiger partial charge in [0.2, 0.25) is 0 Å². The average Bonchev–Trinajstić information content (AvgIpc) is 2.82. The number of rotatable bonds is 2. The molecule has 146 valence electrons. The second-order valence-corrected chi connectivity index (χ2v) is 8.21. The van der Waals surface area contributed by atoms with Crippen molar-refractivity contribution in [3.63, 3.8) is 0 Å². The molecule has 0 fully saturated rings. The molecule has 0 amide bonds. The van der Waals surface area contributed by atoms with E-state index in [1.54, 1.807) is 0 Å². The molecule has 1 unspecified atom stereocenters. The van der Waals surface area contributed by atoms with Crippen molar-refractivity contribution in [2.45, 2.75) is 24.5 Å². The third-order valence-electron chi connectivity index (χ3n) is 6.50. The molecule has 1 aliphatic carbocycles. The Morgan fingerprint density at radius 2 is 1.43 bits per heavy atom. The molecule has 0 saturated carbocycles. The van der Waals surface area contributed by atoms with E-state index in [0.29, 0.717) is 6.42 Å². The first-order chi connectivity index (χ1) is 14.8.